The smallest absolute Gasteiger partial charge is 0.266 e. The molecule has 0 saturated heterocycles. The summed E-state index contributed by atoms with van der Waals surface area (Å²) < 4.78 is 35.8. The SMILES string of the molecule is CC(C)(C)Oc1ccc(C[C@H](N)CS(=O)(=O)O)cc1. The molecule has 6 heteroatoms. The van der Waals surface area contributed by atoms with Crippen LogP contribution in [-0.4, -0.2) is 30.4 Å². The number of nitrogens with two attached hydrogens (primary N) is 1. The van der Waals surface area contributed by atoms with Gasteiger partial charge in [0, 0.05) is 6.04 Å². The van der Waals surface area contributed by atoms with Crippen LogP contribution in [0.25, 0.3) is 0 Å². The predicted molar refractivity (Wildman–Crippen MR) is 74.9 cm³/mol. The lowest BCUT2D eigenvalue weighted by Crippen LogP contribution is -2.31. The van der Waals surface area contributed by atoms with E-state index < -0.39 is 21.9 Å². The molecule has 1 rings (SSSR count). The molecule has 0 fully saturated rings. The molecule has 1 aromatic carbocycles. The summed E-state index contributed by atoms with van der Waals surface area (Å²) in [5, 5.41) is 0. The Balaban J connectivity index is 2.62. The van der Waals surface area contributed by atoms with Gasteiger partial charge in [-0.2, -0.15) is 8.42 Å². The molecule has 0 unspecified atom stereocenters. The van der Waals surface area contributed by atoms with Crippen LogP contribution >= 0.6 is 0 Å². The fourth-order valence-corrected chi connectivity index (χ4v) is 2.34. The molecular weight excluding hydrogens is 266 g/mol. The largest absolute Gasteiger partial charge is 0.488 e. The molecule has 19 heavy (non-hydrogen) atoms. The van der Waals surface area contributed by atoms with Crippen molar-refractivity contribution in [1.29, 1.82) is 0 Å². The molecule has 0 amide bonds. The first kappa shape index (κ1) is 15.9. The molecule has 0 spiro atoms. The molecule has 0 aliphatic rings. The lowest BCUT2D eigenvalue weighted by Gasteiger charge is -2.21. The van der Waals surface area contributed by atoms with Gasteiger partial charge < -0.3 is 10.5 Å². The Hall–Kier alpha value is -1.11. The number of benzene rings is 1. The summed E-state index contributed by atoms with van der Waals surface area (Å²) in [5.74, 6) is 0.312. The molecule has 0 radical (unpaired) electrons. The first-order chi connectivity index (χ1) is 8.55. The van der Waals surface area contributed by atoms with Gasteiger partial charge >= 0.3 is 0 Å². The van der Waals surface area contributed by atoms with Crippen molar-refractivity contribution >= 4 is 10.1 Å². The van der Waals surface area contributed by atoms with Gasteiger partial charge in [-0.3, -0.25) is 4.55 Å². The normalized spacial score (nSPS) is 14.2. The Bertz CT molecular complexity index is 502. The summed E-state index contributed by atoms with van der Waals surface area (Å²) in [6.07, 6.45) is 0.385. The summed E-state index contributed by atoms with van der Waals surface area (Å²) >= 11 is 0. The van der Waals surface area contributed by atoms with Gasteiger partial charge in [0.15, 0.2) is 0 Å². The third-order valence-electron chi connectivity index (χ3n) is 2.27. The number of rotatable bonds is 5. The first-order valence-electron chi connectivity index (χ1n) is 6.04. The molecule has 5 nitrogen and oxygen atoms in total. The third kappa shape index (κ3) is 7.15. The van der Waals surface area contributed by atoms with Crippen molar-refractivity contribution in [3.63, 3.8) is 0 Å². The van der Waals surface area contributed by atoms with Crippen molar-refractivity contribution < 1.29 is 17.7 Å². The Morgan fingerprint density at radius 1 is 1.26 bits per heavy atom. The van der Waals surface area contributed by atoms with Crippen LogP contribution in [0.2, 0.25) is 0 Å². The molecule has 1 atom stereocenters. The summed E-state index contributed by atoms with van der Waals surface area (Å²) in [6, 6.07) is 6.70. The van der Waals surface area contributed by atoms with Crippen molar-refractivity contribution in [3.8, 4) is 5.75 Å². The van der Waals surface area contributed by atoms with Crippen molar-refractivity contribution in [2.45, 2.75) is 38.8 Å². The van der Waals surface area contributed by atoms with Crippen LogP contribution in [-0.2, 0) is 16.5 Å². The second-order valence-corrected chi connectivity index (χ2v) is 7.07. The van der Waals surface area contributed by atoms with Gasteiger partial charge in [-0.05, 0) is 44.9 Å². The first-order valence-corrected chi connectivity index (χ1v) is 7.65. The van der Waals surface area contributed by atoms with Gasteiger partial charge in [0.25, 0.3) is 10.1 Å². The topological polar surface area (TPSA) is 89.6 Å². The highest BCUT2D eigenvalue weighted by molar-refractivity contribution is 7.85. The van der Waals surface area contributed by atoms with E-state index in [4.69, 9.17) is 15.0 Å². The maximum atomic E-state index is 10.7. The standard InChI is InChI=1S/C13H21NO4S/c1-13(2,3)18-12-6-4-10(5-7-12)8-11(14)9-19(15,16)17/h4-7,11H,8-9,14H2,1-3H3,(H,15,16,17)/t11-/m0/s1. The van der Waals surface area contributed by atoms with Crippen LogP contribution < -0.4 is 10.5 Å². The molecule has 0 aromatic heterocycles. The monoisotopic (exact) mass is 287 g/mol. The lowest BCUT2D eigenvalue weighted by molar-refractivity contribution is 0.131. The van der Waals surface area contributed by atoms with Crippen LogP contribution in [0, 0.1) is 0 Å². The molecule has 0 aliphatic heterocycles. The minimum atomic E-state index is -4.03. The minimum absolute atomic E-state index is 0.261. The second-order valence-electron chi connectivity index (χ2n) is 5.57. The Kier molecular flexibility index (Phi) is 4.95. The predicted octanol–water partition coefficient (Wildman–Crippen LogP) is 1.62. The van der Waals surface area contributed by atoms with E-state index in [2.05, 4.69) is 0 Å². The minimum Gasteiger partial charge on any atom is -0.488 e. The molecule has 0 heterocycles. The van der Waals surface area contributed by atoms with Crippen molar-refractivity contribution in [3.05, 3.63) is 29.8 Å². The highest BCUT2D eigenvalue weighted by atomic mass is 32.2. The van der Waals surface area contributed by atoms with Crippen molar-refractivity contribution in [2.75, 3.05) is 5.75 Å². The van der Waals surface area contributed by atoms with E-state index in [1.165, 1.54) is 0 Å². The van der Waals surface area contributed by atoms with Crippen LogP contribution in [0.4, 0.5) is 0 Å². The zero-order chi connectivity index (χ0) is 14.7. The van der Waals surface area contributed by atoms with Crippen LogP contribution in [0.5, 0.6) is 5.75 Å². The summed E-state index contributed by atoms with van der Waals surface area (Å²) in [5.41, 5.74) is 6.30. The van der Waals surface area contributed by atoms with Gasteiger partial charge in [0.05, 0.1) is 5.75 Å². The zero-order valence-electron chi connectivity index (χ0n) is 11.5. The van der Waals surface area contributed by atoms with Gasteiger partial charge in [-0.1, -0.05) is 12.1 Å². The molecule has 1 aromatic rings. The quantitative estimate of drug-likeness (QED) is 0.803. The van der Waals surface area contributed by atoms with E-state index in [0.29, 0.717) is 6.42 Å². The van der Waals surface area contributed by atoms with Gasteiger partial charge in [-0.15, -0.1) is 0 Å². The van der Waals surface area contributed by atoms with Crippen LogP contribution in [0.15, 0.2) is 24.3 Å². The van der Waals surface area contributed by atoms with E-state index in [0.717, 1.165) is 11.3 Å². The Labute approximate surface area is 114 Å². The van der Waals surface area contributed by atoms with Crippen LogP contribution in [0.3, 0.4) is 0 Å². The number of hydrogen-bond donors (Lipinski definition) is 2. The highest BCUT2D eigenvalue weighted by Gasteiger charge is 2.14. The fourth-order valence-electron chi connectivity index (χ4n) is 1.68. The summed E-state index contributed by atoms with van der Waals surface area (Å²) in [6.45, 7) is 5.88. The Morgan fingerprint density at radius 3 is 2.21 bits per heavy atom. The van der Waals surface area contributed by atoms with Crippen molar-refractivity contribution in [1.82, 2.24) is 0 Å². The number of hydrogen-bond acceptors (Lipinski definition) is 4. The maximum Gasteiger partial charge on any atom is 0.266 e. The molecule has 0 aliphatic carbocycles. The average molecular weight is 287 g/mol. The fraction of sp³-hybridized carbons (Fsp3) is 0.538. The second kappa shape index (κ2) is 5.90. The van der Waals surface area contributed by atoms with E-state index in [9.17, 15) is 8.42 Å². The zero-order valence-corrected chi connectivity index (χ0v) is 12.3. The molecule has 0 bridgehead atoms. The van der Waals surface area contributed by atoms with Crippen molar-refractivity contribution in [2.24, 2.45) is 5.73 Å². The molecule has 108 valence electrons. The van der Waals surface area contributed by atoms with E-state index >= 15 is 0 Å². The molecular formula is C13H21NO4S. The van der Waals surface area contributed by atoms with Gasteiger partial charge in [0.2, 0.25) is 0 Å². The third-order valence-corrected chi connectivity index (χ3v) is 3.12. The summed E-state index contributed by atoms with van der Waals surface area (Å²) in [7, 11) is -4.03. The van der Waals surface area contributed by atoms with Gasteiger partial charge in [-0.25, -0.2) is 0 Å². The van der Waals surface area contributed by atoms with E-state index in [1.807, 2.05) is 45.0 Å². The van der Waals surface area contributed by atoms with E-state index in [-0.39, 0.29) is 5.60 Å². The summed E-state index contributed by atoms with van der Waals surface area (Å²) in [4.78, 5) is 0. The van der Waals surface area contributed by atoms with E-state index in [1.54, 1.807) is 0 Å². The number of ether oxygens (including phenoxy) is 1. The van der Waals surface area contributed by atoms with Crippen LogP contribution in [0.1, 0.15) is 26.3 Å². The highest BCUT2D eigenvalue weighted by Crippen LogP contribution is 2.19. The average Bonchev–Trinajstić information content (AvgIpc) is 2.15. The Morgan fingerprint density at radius 2 is 1.79 bits per heavy atom. The molecule has 3 N–H and O–H groups in total. The van der Waals surface area contributed by atoms with Gasteiger partial charge in [0.1, 0.15) is 11.4 Å². The lowest BCUT2D eigenvalue weighted by atomic mass is 10.1. The molecule has 0 saturated carbocycles. The maximum absolute atomic E-state index is 10.7.